The highest BCUT2D eigenvalue weighted by atomic mass is 16.4. The predicted molar refractivity (Wildman–Crippen MR) is 72.1 cm³/mol. The fourth-order valence-electron chi connectivity index (χ4n) is 0.753. The number of phenols is 1. The molecule has 0 saturated carbocycles. The Morgan fingerprint density at radius 1 is 1.18 bits per heavy atom. The molecule has 3 nitrogen and oxygen atoms in total. The second-order valence-electron chi connectivity index (χ2n) is 3.26. The van der Waals surface area contributed by atoms with Crippen molar-refractivity contribution in [1.82, 2.24) is 0 Å². The highest BCUT2D eigenvalue weighted by molar-refractivity contribution is 5.85. The molecule has 0 radical (unpaired) electrons. The van der Waals surface area contributed by atoms with E-state index < -0.39 is 5.97 Å². The lowest BCUT2D eigenvalue weighted by Gasteiger charge is -1.92. The predicted octanol–water partition coefficient (Wildman–Crippen LogP) is 3.93. The van der Waals surface area contributed by atoms with Gasteiger partial charge in [-0.3, -0.25) is 0 Å². The first-order valence-electron chi connectivity index (χ1n) is 5.30. The molecule has 1 aromatic rings. The van der Waals surface area contributed by atoms with E-state index in [1.807, 2.05) is 0 Å². The van der Waals surface area contributed by atoms with E-state index in [0.29, 0.717) is 0 Å². The van der Waals surface area contributed by atoms with Crippen molar-refractivity contribution in [1.29, 1.82) is 0 Å². The van der Waals surface area contributed by atoms with Crippen LogP contribution in [0.25, 0.3) is 6.08 Å². The normalized spacial score (nSPS) is 9.06. The molecule has 96 valence electrons. The Balaban J connectivity index is 0. The molecule has 0 aliphatic carbocycles. The van der Waals surface area contributed by atoms with Crippen LogP contribution in [0, 0.1) is 0 Å². The maximum absolute atomic E-state index is 10.1. The number of benzene rings is 1. The first-order valence-corrected chi connectivity index (χ1v) is 5.30. The van der Waals surface area contributed by atoms with Gasteiger partial charge < -0.3 is 10.2 Å². The molecule has 0 saturated heterocycles. The molecule has 0 unspecified atom stereocenters. The Morgan fingerprint density at radius 2 is 1.65 bits per heavy atom. The molecule has 1 aromatic carbocycles. The van der Waals surface area contributed by atoms with Crippen molar-refractivity contribution in [3.05, 3.63) is 35.9 Å². The third kappa shape index (κ3) is 10.5. The van der Waals surface area contributed by atoms with Crippen LogP contribution in [0.2, 0.25) is 0 Å². The second-order valence-corrected chi connectivity index (χ2v) is 3.26. The molecule has 1 rings (SSSR count). The molecule has 0 aliphatic rings. The zero-order valence-electron chi connectivity index (χ0n) is 9.68. The maximum atomic E-state index is 10.1. The zero-order valence-corrected chi connectivity index (χ0v) is 9.68. The van der Waals surface area contributed by atoms with E-state index in [9.17, 15) is 4.79 Å². The number of rotatable bonds is 3. The second kappa shape index (κ2) is 10.7. The average molecular weight is 238 g/mol. The molecule has 2 N–H and O–H groups in total. The molecule has 0 bridgehead atoms. The van der Waals surface area contributed by atoms with Gasteiger partial charge in [-0.05, 0) is 23.8 Å². The standard InChI is InChI=1S/C9H8O3.C4H10.CH4/c10-8-4-1-7(2-5-8)3-6-9(11)12;1-3-4-2;/h1-6,10H,(H,11,12);3-4H2,1-2H3;1H4. The molecule has 0 spiro atoms. The highest BCUT2D eigenvalue weighted by Gasteiger charge is 1.89. The van der Waals surface area contributed by atoms with Gasteiger partial charge in [-0.15, -0.1) is 0 Å². The largest absolute Gasteiger partial charge is 0.508 e. The highest BCUT2D eigenvalue weighted by Crippen LogP contribution is 2.10. The summed E-state index contributed by atoms with van der Waals surface area (Å²) < 4.78 is 0. The summed E-state index contributed by atoms with van der Waals surface area (Å²) in [5.74, 6) is -0.814. The van der Waals surface area contributed by atoms with E-state index in [4.69, 9.17) is 10.2 Å². The van der Waals surface area contributed by atoms with Crippen molar-refractivity contribution in [2.45, 2.75) is 34.1 Å². The van der Waals surface area contributed by atoms with E-state index in [2.05, 4.69) is 13.8 Å². The van der Waals surface area contributed by atoms with Gasteiger partial charge in [-0.25, -0.2) is 4.79 Å². The number of unbranched alkanes of at least 4 members (excludes halogenated alkanes) is 1. The van der Waals surface area contributed by atoms with Crippen molar-refractivity contribution in [3.63, 3.8) is 0 Å². The zero-order chi connectivity index (χ0) is 12.4. The summed E-state index contributed by atoms with van der Waals surface area (Å²) >= 11 is 0. The summed E-state index contributed by atoms with van der Waals surface area (Å²) in [5, 5.41) is 17.2. The molecule has 0 amide bonds. The first-order chi connectivity index (χ1) is 7.60. The van der Waals surface area contributed by atoms with Crippen LogP contribution < -0.4 is 0 Å². The quantitative estimate of drug-likeness (QED) is 0.784. The smallest absolute Gasteiger partial charge is 0.328 e. The van der Waals surface area contributed by atoms with Gasteiger partial charge in [-0.2, -0.15) is 0 Å². The Morgan fingerprint density at radius 3 is 2.00 bits per heavy atom. The Hall–Kier alpha value is -1.77. The molecule has 0 fully saturated rings. The lowest BCUT2D eigenvalue weighted by atomic mass is 10.2. The molecule has 3 heteroatoms. The van der Waals surface area contributed by atoms with E-state index in [-0.39, 0.29) is 13.2 Å². The van der Waals surface area contributed by atoms with Gasteiger partial charge >= 0.3 is 5.97 Å². The van der Waals surface area contributed by atoms with Gasteiger partial charge in [0, 0.05) is 6.08 Å². The number of carboxylic acids is 1. The van der Waals surface area contributed by atoms with Gasteiger partial charge in [0.15, 0.2) is 0 Å². The topological polar surface area (TPSA) is 57.5 Å². The van der Waals surface area contributed by atoms with Gasteiger partial charge in [-0.1, -0.05) is 46.2 Å². The number of carbonyl (C=O) groups is 1. The summed E-state index contributed by atoms with van der Waals surface area (Å²) in [5.41, 5.74) is 0.746. The molecular formula is C14H22O3. The van der Waals surface area contributed by atoms with Crippen molar-refractivity contribution in [3.8, 4) is 5.75 Å². The van der Waals surface area contributed by atoms with Crippen LogP contribution in [0.1, 0.15) is 39.7 Å². The molecule has 0 atom stereocenters. The van der Waals surface area contributed by atoms with Crippen molar-refractivity contribution < 1.29 is 15.0 Å². The number of phenolic OH excluding ortho intramolecular Hbond substituents is 1. The van der Waals surface area contributed by atoms with Crippen LogP contribution in [0.15, 0.2) is 30.3 Å². The van der Waals surface area contributed by atoms with Gasteiger partial charge in [0.25, 0.3) is 0 Å². The third-order valence-corrected chi connectivity index (χ3v) is 1.81. The fraction of sp³-hybridized carbons (Fsp3) is 0.357. The summed E-state index contributed by atoms with van der Waals surface area (Å²) in [6.07, 6.45) is 5.15. The molecule has 17 heavy (non-hydrogen) atoms. The van der Waals surface area contributed by atoms with Crippen molar-refractivity contribution in [2.75, 3.05) is 0 Å². The number of aliphatic carboxylic acids is 1. The molecule has 0 aromatic heterocycles. The number of carboxylic acid groups (broad SMARTS) is 1. The summed E-state index contributed by atoms with van der Waals surface area (Å²) in [6.45, 7) is 4.36. The summed E-state index contributed by atoms with van der Waals surface area (Å²) in [4.78, 5) is 10.1. The van der Waals surface area contributed by atoms with E-state index in [1.54, 1.807) is 12.1 Å². The minimum Gasteiger partial charge on any atom is -0.508 e. The van der Waals surface area contributed by atoms with Gasteiger partial charge in [0.1, 0.15) is 5.75 Å². The van der Waals surface area contributed by atoms with E-state index in [1.165, 1.54) is 31.1 Å². The monoisotopic (exact) mass is 238 g/mol. The molecule has 0 heterocycles. The number of hydrogen-bond donors (Lipinski definition) is 2. The Labute approximate surface area is 103 Å². The maximum Gasteiger partial charge on any atom is 0.328 e. The lowest BCUT2D eigenvalue weighted by Crippen LogP contribution is -1.85. The molecular weight excluding hydrogens is 216 g/mol. The van der Waals surface area contributed by atoms with Crippen molar-refractivity contribution in [2.24, 2.45) is 0 Å². The van der Waals surface area contributed by atoms with Gasteiger partial charge in [0.05, 0.1) is 0 Å². The van der Waals surface area contributed by atoms with E-state index in [0.717, 1.165) is 11.6 Å². The summed E-state index contributed by atoms with van der Waals surface area (Å²) in [7, 11) is 0. The van der Waals surface area contributed by atoms with Crippen LogP contribution in [0.3, 0.4) is 0 Å². The van der Waals surface area contributed by atoms with Crippen LogP contribution in [-0.4, -0.2) is 16.2 Å². The van der Waals surface area contributed by atoms with E-state index >= 15 is 0 Å². The van der Waals surface area contributed by atoms with Crippen LogP contribution in [0.5, 0.6) is 5.75 Å². The summed E-state index contributed by atoms with van der Waals surface area (Å²) in [6, 6.07) is 6.27. The van der Waals surface area contributed by atoms with Crippen LogP contribution in [-0.2, 0) is 4.79 Å². The minimum atomic E-state index is -0.983. The Bertz CT molecular complexity index is 324. The fourth-order valence-corrected chi connectivity index (χ4v) is 0.753. The lowest BCUT2D eigenvalue weighted by molar-refractivity contribution is -0.131. The molecule has 0 aliphatic heterocycles. The van der Waals surface area contributed by atoms with Gasteiger partial charge in [0.2, 0.25) is 0 Å². The SMILES string of the molecule is C.CCCC.O=C(O)C=Cc1ccc(O)cc1. The number of hydrogen-bond acceptors (Lipinski definition) is 2. The average Bonchev–Trinajstić information content (AvgIpc) is 2.28. The Kier molecular flexibility index (Phi) is 11.1. The third-order valence-electron chi connectivity index (χ3n) is 1.81. The van der Waals surface area contributed by atoms with Crippen LogP contribution >= 0.6 is 0 Å². The number of aromatic hydroxyl groups is 1. The first kappa shape index (κ1) is 17.6. The van der Waals surface area contributed by atoms with Crippen LogP contribution in [0.4, 0.5) is 0 Å². The van der Waals surface area contributed by atoms with Crippen molar-refractivity contribution >= 4 is 12.0 Å². The minimum absolute atomic E-state index is 0.